The van der Waals surface area contributed by atoms with E-state index in [0.29, 0.717) is 24.6 Å². The SMILES string of the molecule is CN=C(NCc1ccc(C(F)(F)F)cc1)NCC(C)C(=O)OC. The molecular formula is C15H20F3N3O2. The number of halogens is 3. The highest BCUT2D eigenvalue weighted by Gasteiger charge is 2.29. The molecule has 1 rings (SSSR count). The van der Waals surface area contributed by atoms with E-state index in [1.165, 1.54) is 19.2 Å². The second-order valence-electron chi connectivity index (χ2n) is 4.93. The molecule has 0 aliphatic heterocycles. The lowest BCUT2D eigenvalue weighted by Gasteiger charge is -2.15. The maximum atomic E-state index is 12.5. The summed E-state index contributed by atoms with van der Waals surface area (Å²) in [7, 11) is 2.88. The summed E-state index contributed by atoms with van der Waals surface area (Å²) >= 11 is 0. The van der Waals surface area contributed by atoms with Gasteiger partial charge in [-0.15, -0.1) is 0 Å². The number of aliphatic imine (C=N–C) groups is 1. The summed E-state index contributed by atoms with van der Waals surface area (Å²) in [6.07, 6.45) is -4.34. The number of hydrogen-bond acceptors (Lipinski definition) is 3. The van der Waals surface area contributed by atoms with Crippen molar-refractivity contribution in [2.45, 2.75) is 19.6 Å². The number of guanidine groups is 1. The molecule has 0 amide bonds. The lowest BCUT2D eigenvalue weighted by atomic mass is 10.1. The van der Waals surface area contributed by atoms with E-state index in [4.69, 9.17) is 0 Å². The summed E-state index contributed by atoms with van der Waals surface area (Å²) in [4.78, 5) is 15.3. The standard InChI is InChI=1S/C15H20F3N3O2/c1-10(13(22)23-3)8-20-14(19-2)21-9-11-4-6-12(7-5-11)15(16,17)18/h4-7,10H,8-9H2,1-3H3,(H2,19,20,21). The van der Waals surface area contributed by atoms with Gasteiger partial charge in [0.05, 0.1) is 18.6 Å². The third kappa shape index (κ3) is 6.17. The van der Waals surface area contributed by atoms with Crippen molar-refractivity contribution < 1.29 is 22.7 Å². The van der Waals surface area contributed by atoms with E-state index in [9.17, 15) is 18.0 Å². The number of esters is 1. The van der Waals surface area contributed by atoms with Gasteiger partial charge in [0.2, 0.25) is 0 Å². The monoisotopic (exact) mass is 331 g/mol. The number of benzene rings is 1. The minimum atomic E-state index is -4.34. The summed E-state index contributed by atoms with van der Waals surface area (Å²) in [6.45, 7) is 2.35. The molecule has 0 aromatic heterocycles. The van der Waals surface area contributed by atoms with Crippen molar-refractivity contribution in [3.8, 4) is 0 Å². The number of carbonyl (C=O) groups is 1. The second-order valence-corrected chi connectivity index (χ2v) is 4.93. The molecular weight excluding hydrogens is 311 g/mol. The van der Waals surface area contributed by atoms with Gasteiger partial charge in [0.15, 0.2) is 5.96 Å². The number of carbonyl (C=O) groups excluding carboxylic acids is 1. The Labute approximate surface area is 132 Å². The van der Waals surface area contributed by atoms with Crippen molar-refractivity contribution in [3.05, 3.63) is 35.4 Å². The van der Waals surface area contributed by atoms with Gasteiger partial charge < -0.3 is 15.4 Å². The highest BCUT2D eigenvalue weighted by Crippen LogP contribution is 2.28. The predicted molar refractivity (Wildman–Crippen MR) is 80.8 cm³/mol. The van der Waals surface area contributed by atoms with E-state index in [2.05, 4.69) is 20.4 Å². The molecule has 1 atom stereocenters. The largest absolute Gasteiger partial charge is 0.469 e. The van der Waals surface area contributed by atoms with Gasteiger partial charge >= 0.3 is 12.1 Å². The maximum Gasteiger partial charge on any atom is 0.416 e. The maximum absolute atomic E-state index is 12.5. The van der Waals surface area contributed by atoms with Crippen molar-refractivity contribution in [3.63, 3.8) is 0 Å². The Morgan fingerprint density at radius 2 is 1.87 bits per heavy atom. The first-order valence-corrected chi connectivity index (χ1v) is 6.96. The fraction of sp³-hybridized carbons (Fsp3) is 0.467. The van der Waals surface area contributed by atoms with Crippen LogP contribution in [0, 0.1) is 5.92 Å². The Morgan fingerprint density at radius 1 is 1.26 bits per heavy atom. The van der Waals surface area contributed by atoms with Gasteiger partial charge in [-0.25, -0.2) is 0 Å². The molecule has 0 saturated heterocycles. The molecule has 0 heterocycles. The smallest absolute Gasteiger partial charge is 0.416 e. The minimum absolute atomic E-state index is 0.310. The van der Waals surface area contributed by atoms with Crippen LogP contribution in [-0.2, 0) is 22.3 Å². The third-order valence-electron chi connectivity index (χ3n) is 3.14. The van der Waals surface area contributed by atoms with Crippen molar-refractivity contribution in [2.24, 2.45) is 10.9 Å². The zero-order valence-electron chi connectivity index (χ0n) is 13.2. The summed E-state index contributed by atoms with van der Waals surface area (Å²) in [5, 5.41) is 5.91. The Balaban J connectivity index is 2.50. The Hall–Kier alpha value is -2.25. The first-order chi connectivity index (χ1) is 10.8. The lowest BCUT2D eigenvalue weighted by Crippen LogP contribution is -2.40. The van der Waals surface area contributed by atoms with Crippen LogP contribution < -0.4 is 10.6 Å². The Kier molecular flexibility index (Phi) is 6.87. The molecule has 0 aliphatic rings. The fourth-order valence-electron chi connectivity index (χ4n) is 1.75. The van der Waals surface area contributed by atoms with E-state index in [0.717, 1.165) is 12.1 Å². The first kappa shape index (κ1) is 18.8. The quantitative estimate of drug-likeness (QED) is 0.493. The van der Waals surface area contributed by atoms with Gasteiger partial charge in [-0.3, -0.25) is 9.79 Å². The zero-order valence-corrected chi connectivity index (χ0v) is 13.2. The van der Waals surface area contributed by atoms with Crippen LogP contribution in [0.15, 0.2) is 29.3 Å². The number of ether oxygens (including phenoxy) is 1. The van der Waals surface area contributed by atoms with Crippen LogP contribution in [0.1, 0.15) is 18.1 Å². The first-order valence-electron chi connectivity index (χ1n) is 6.96. The molecule has 0 aliphatic carbocycles. The van der Waals surface area contributed by atoms with Crippen molar-refractivity contribution in [2.75, 3.05) is 20.7 Å². The summed E-state index contributed by atoms with van der Waals surface area (Å²) in [6, 6.07) is 4.87. The molecule has 23 heavy (non-hydrogen) atoms. The van der Waals surface area contributed by atoms with Crippen molar-refractivity contribution in [1.29, 1.82) is 0 Å². The van der Waals surface area contributed by atoms with Gasteiger partial charge in [0, 0.05) is 20.1 Å². The molecule has 128 valence electrons. The molecule has 0 bridgehead atoms. The topological polar surface area (TPSA) is 62.7 Å². The van der Waals surface area contributed by atoms with Crippen LogP contribution in [0.3, 0.4) is 0 Å². The van der Waals surface area contributed by atoms with Gasteiger partial charge in [-0.1, -0.05) is 19.1 Å². The lowest BCUT2D eigenvalue weighted by molar-refractivity contribution is -0.144. The van der Waals surface area contributed by atoms with Crippen molar-refractivity contribution in [1.82, 2.24) is 10.6 Å². The number of hydrogen-bond donors (Lipinski definition) is 2. The van der Waals surface area contributed by atoms with Crippen LogP contribution in [0.4, 0.5) is 13.2 Å². The molecule has 0 saturated carbocycles. The molecule has 0 spiro atoms. The van der Waals surface area contributed by atoms with Crippen LogP contribution in [0.25, 0.3) is 0 Å². The van der Waals surface area contributed by atoms with Crippen LogP contribution >= 0.6 is 0 Å². The van der Waals surface area contributed by atoms with Crippen LogP contribution in [-0.4, -0.2) is 32.6 Å². The number of nitrogens with one attached hydrogen (secondary N) is 2. The molecule has 1 aromatic rings. The molecule has 0 radical (unpaired) electrons. The average Bonchev–Trinajstić information content (AvgIpc) is 2.53. The van der Waals surface area contributed by atoms with Crippen LogP contribution in [0.2, 0.25) is 0 Å². The van der Waals surface area contributed by atoms with Crippen LogP contribution in [0.5, 0.6) is 0 Å². The van der Waals surface area contributed by atoms with E-state index >= 15 is 0 Å². The van der Waals surface area contributed by atoms with Gasteiger partial charge in [-0.2, -0.15) is 13.2 Å². The Bertz CT molecular complexity index is 542. The van der Waals surface area contributed by atoms with Gasteiger partial charge in [-0.05, 0) is 17.7 Å². The normalized spacial score (nSPS) is 13.4. The molecule has 5 nitrogen and oxygen atoms in total. The minimum Gasteiger partial charge on any atom is -0.469 e. The summed E-state index contributed by atoms with van der Waals surface area (Å²) in [5.74, 6) is -0.235. The average molecular weight is 331 g/mol. The van der Waals surface area contributed by atoms with Gasteiger partial charge in [0.1, 0.15) is 0 Å². The summed E-state index contributed by atoms with van der Waals surface area (Å²) in [5.41, 5.74) is -0.00220. The molecule has 0 fully saturated rings. The second kappa shape index (κ2) is 8.40. The van der Waals surface area contributed by atoms with Crippen molar-refractivity contribution >= 4 is 11.9 Å². The highest BCUT2D eigenvalue weighted by atomic mass is 19.4. The number of alkyl halides is 3. The highest BCUT2D eigenvalue weighted by molar-refractivity contribution is 5.80. The van der Waals surface area contributed by atoms with E-state index in [-0.39, 0.29) is 11.9 Å². The van der Waals surface area contributed by atoms with E-state index in [1.807, 2.05) is 0 Å². The number of nitrogens with zero attached hydrogens (tertiary/aromatic N) is 1. The zero-order chi connectivity index (χ0) is 17.5. The molecule has 1 unspecified atom stereocenters. The van der Waals surface area contributed by atoms with E-state index < -0.39 is 11.7 Å². The summed E-state index contributed by atoms with van der Waals surface area (Å²) < 4.78 is 42.0. The third-order valence-corrected chi connectivity index (χ3v) is 3.14. The predicted octanol–water partition coefficient (Wildman–Crippen LogP) is 2.18. The molecule has 8 heteroatoms. The molecule has 2 N–H and O–H groups in total. The number of rotatable bonds is 5. The van der Waals surface area contributed by atoms with E-state index in [1.54, 1.807) is 14.0 Å². The van der Waals surface area contributed by atoms with Gasteiger partial charge in [0.25, 0.3) is 0 Å². The Morgan fingerprint density at radius 3 is 2.35 bits per heavy atom. The number of methoxy groups -OCH3 is 1. The molecule has 1 aromatic carbocycles. The fourth-order valence-corrected chi connectivity index (χ4v) is 1.75.